The highest BCUT2D eigenvalue weighted by Gasteiger charge is 2.41. The number of ether oxygens (including phenoxy) is 1. The topological polar surface area (TPSA) is 104 Å². The van der Waals surface area contributed by atoms with Gasteiger partial charge in [-0.1, -0.05) is 12.1 Å². The van der Waals surface area contributed by atoms with E-state index in [9.17, 15) is 29.0 Å². The molecule has 0 saturated carbocycles. The summed E-state index contributed by atoms with van der Waals surface area (Å²) in [5.41, 5.74) is -2.97. The summed E-state index contributed by atoms with van der Waals surface area (Å²) < 4.78 is 17.8. The van der Waals surface area contributed by atoms with Crippen LogP contribution in [0.15, 0.2) is 18.2 Å². The Morgan fingerprint density at radius 1 is 1.38 bits per heavy atom. The van der Waals surface area contributed by atoms with E-state index in [4.69, 9.17) is 0 Å². The predicted molar refractivity (Wildman–Crippen MR) is 66.7 cm³/mol. The number of carbonyl (C=O) groups excluding carboxylic acids is 3. The van der Waals surface area contributed by atoms with Crippen molar-refractivity contribution >= 4 is 17.7 Å². The largest absolute Gasteiger partial charge is 0.546 e. The molecule has 0 aliphatic heterocycles. The molecule has 0 saturated heterocycles. The molecule has 0 aliphatic rings. The molecule has 0 heterocycles. The number of hydrogen-bond donors (Lipinski definition) is 1. The number of aliphatic hydroxyl groups is 1. The zero-order valence-electron chi connectivity index (χ0n) is 11.5. The van der Waals surface area contributed by atoms with Crippen LogP contribution in [0.3, 0.4) is 0 Å². The van der Waals surface area contributed by atoms with Gasteiger partial charge >= 0.3 is 5.97 Å². The molecule has 1 atom stereocenters. The maximum absolute atomic E-state index is 13.4. The number of hydrogen-bond acceptors (Lipinski definition) is 6. The second kappa shape index (κ2) is 6.45. The number of esters is 1. The van der Waals surface area contributed by atoms with Crippen molar-refractivity contribution < 1.29 is 33.7 Å². The quantitative estimate of drug-likeness (QED) is 0.441. The van der Waals surface area contributed by atoms with Gasteiger partial charge < -0.3 is 19.7 Å². The van der Waals surface area contributed by atoms with Gasteiger partial charge in [0, 0.05) is 5.56 Å². The number of Topliss-reactive ketones (excluding diaryl/α,β-unsaturated/α-hetero) is 1. The average Bonchev–Trinajstić information content (AvgIpc) is 2.41. The summed E-state index contributed by atoms with van der Waals surface area (Å²) in [4.78, 5) is 34.3. The fourth-order valence-corrected chi connectivity index (χ4v) is 1.58. The van der Waals surface area contributed by atoms with E-state index in [1.165, 1.54) is 26.0 Å². The lowest BCUT2D eigenvalue weighted by atomic mass is 9.93. The van der Waals surface area contributed by atoms with E-state index < -0.39 is 35.6 Å². The van der Waals surface area contributed by atoms with Crippen LogP contribution in [-0.2, 0) is 14.3 Å². The second-order valence-corrected chi connectivity index (χ2v) is 4.43. The van der Waals surface area contributed by atoms with Crippen LogP contribution in [0.25, 0.3) is 0 Å². The van der Waals surface area contributed by atoms with Gasteiger partial charge in [0.2, 0.25) is 5.60 Å². The van der Waals surface area contributed by atoms with Crippen LogP contribution in [0.1, 0.15) is 29.3 Å². The van der Waals surface area contributed by atoms with E-state index in [1.54, 1.807) is 0 Å². The van der Waals surface area contributed by atoms with Gasteiger partial charge in [-0.15, -0.1) is 0 Å². The van der Waals surface area contributed by atoms with Gasteiger partial charge in [0.25, 0.3) is 0 Å². The van der Waals surface area contributed by atoms with Crippen LogP contribution < -0.4 is 5.11 Å². The normalized spacial score (nSPS) is 13.3. The third-order valence-electron chi connectivity index (χ3n) is 2.86. The smallest absolute Gasteiger partial charge is 0.344 e. The lowest BCUT2D eigenvalue weighted by Crippen LogP contribution is -2.56. The first-order valence-electron chi connectivity index (χ1n) is 6.12. The number of halogens is 1. The summed E-state index contributed by atoms with van der Waals surface area (Å²) in [7, 11) is 0. The third-order valence-corrected chi connectivity index (χ3v) is 2.86. The molecular formula is C14H14FO6-. The highest BCUT2D eigenvalue weighted by atomic mass is 19.1. The number of rotatable bonds is 6. The van der Waals surface area contributed by atoms with E-state index in [0.717, 1.165) is 6.07 Å². The standard InChI is InChI=1S/C14H15FO6/c1-3-21-13(19)14(20,12(17)18)7-11(16)9-5-4-8(2)10(15)6-9/h4-6,20H,3,7H2,1-2H3,(H,17,18)/p-1. The predicted octanol–water partition coefficient (Wildman–Crippen LogP) is -0.249. The van der Waals surface area contributed by atoms with Crippen LogP contribution in [0.5, 0.6) is 0 Å². The van der Waals surface area contributed by atoms with Crippen LogP contribution in [0.2, 0.25) is 0 Å². The Morgan fingerprint density at radius 3 is 2.48 bits per heavy atom. The van der Waals surface area contributed by atoms with Crippen LogP contribution in [0, 0.1) is 12.7 Å². The van der Waals surface area contributed by atoms with Gasteiger partial charge in [0.05, 0.1) is 19.0 Å². The fraction of sp³-hybridized carbons (Fsp3) is 0.357. The number of carboxylic acid groups (broad SMARTS) is 1. The van der Waals surface area contributed by atoms with Gasteiger partial charge in [0.1, 0.15) is 5.82 Å². The van der Waals surface area contributed by atoms with Crippen molar-refractivity contribution in [3.05, 3.63) is 35.1 Å². The molecule has 1 N–H and O–H groups in total. The molecule has 0 radical (unpaired) electrons. The molecule has 7 heteroatoms. The number of aryl methyl sites for hydroxylation is 1. The van der Waals surface area contributed by atoms with E-state index in [2.05, 4.69) is 4.74 Å². The second-order valence-electron chi connectivity index (χ2n) is 4.43. The Morgan fingerprint density at radius 2 is 2.00 bits per heavy atom. The summed E-state index contributed by atoms with van der Waals surface area (Å²) in [6.45, 7) is 2.71. The zero-order valence-corrected chi connectivity index (χ0v) is 11.5. The Kier molecular flexibility index (Phi) is 5.15. The number of carbonyl (C=O) groups is 3. The Balaban J connectivity index is 3.03. The number of aliphatic carboxylic acids is 1. The molecule has 6 nitrogen and oxygen atoms in total. The van der Waals surface area contributed by atoms with Crippen molar-refractivity contribution in [2.45, 2.75) is 25.9 Å². The average molecular weight is 297 g/mol. The lowest BCUT2D eigenvalue weighted by molar-refractivity contribution is -0.322. The number of benzene rings is 1. The molecule has 114 valence electrons. The molecule has 1 aromatic carbocycles. The molecule has 0 amide bonds. The first-order valence-corrected chi connectivity index (χ1v) is 6.12. The summed E-state index contributed by atoms with van der Waals surface area (Å²) >= 11 is 0. The monoisotopic (exact) mass is 297 g/mol. The first kappa shape index (κ1) is 16.8. The van der Waals surface area contributed by atoms with Crippen molar-refractivity contribution in [2.24, 2.45) is 0 Å². The maximum Gasteiger partial charge on any atom is 0.344 e. The van der Waals surface area contributed by atoms with Crippen molar-refractivity contribution in [1.29, 1.82) is 0 Å². The van der Waals surface area contributed by atoms with E-state index in [-0.39, 0.29) is 12.2 Å². The highest BCUT2D eigenvalue weighted by molar-refractivity contribution is 6.08. The molecule has 1 unspecified atom stereocenters. The zero-order chi connectivity index (χ0) is 16.2. The molecular weight excluding hydrogens is 283 g/mol. The molecule has 21 heavy (non-hydrogen) atoms. The molecule has 1 rings (SSSR count). The molecule has 0 aromatic heterocycles. The van der Waals surface area contributed by atoms with Gasteiger partial charge in [0.15, 0.2) is 5.78 Å². The van der Waals surface area contributed by atoms with Crippen molar-refractivity contribution in [3.63, 3.8) is 0 Å². The summed E-state index contributed by atoms with van der Waals surface area (Å²) in [5.74, 6) is -5.23. The Hall–Kier alpha value is -2.28. The molecule has 1 aromatic rings. The highest BCUT2D eigenvalue weighted by Crippen LogP contribution is 2.18. The summed E-state index contributed by atoms with van der Waals surface area (Å²) in [6.07, 6.45) is -1.10. The van der Waals surface area contributed by atoms with E-state index >= 15 is 0 Å². The molecule has 0 bridgehead atoms. The number of ketones is 1. The molecule has 0 aliphatic carbocycles. The molecule has 0 spiro atoms. The molecule has 0 fully saturated rings. The van der Waals surface area contributed by atoms with Gasteiger partial charge in [-0.2, -0.15) is 0 Å². The third kappa shape index (κ3) is 3.63. The van der Waals surface area contributed by atoms with Gasteiger partial charge in [-0.05, 0) is 25.5 Å². The van der Waals surface area contributed by atoms with Crippen molar-refractivity contribution in [1.82, 2.24) is 0 Å². The van der Waals surface area contributed by atoms with Crippen molar-refractivity contribution in [2.75, 3.05) is 6.61 Å². The van der Waals surface area contributed by atoms with Crippen LogP contribution in [-0.4, -0.2) is 35.0 Å². The van der Waals surface area contributed by atoms with E-state index in [1.807, 2.05) is 0 Å². The van der Waals surface area contributed by atoms with E-state index in [0.29, 0.717) is 5.56 Å². The van der Waals surface area contributed by atoms with Crippen LogP contribution >= 0.6 is 0 Å². The fourth-order valence-electron chi connectivity index (χ4n) is 1.58. The van der Waals surface area contributed by atoms with Gasteiger partial charge in [-0.3, -0.25) is 4.79 Å². The Bertz CT molecular complexity index is 583. The van der Waals surface area contributed by atoms with Gasteiger partial charge in [-0.25, -0.2) is 9.18 Å². The van der Waals surface area contributed by atoms with Crippen molar-refractivity contribution in [3.8, 4) is 0 Å². The Labute approximate surface area is 120 Å². The minimum Gasteiger partial charge on any atom is -0.546 e. The van der Waals surface area contributed by atoms with Crippen LogP contribution in [0.4, 0.5) is 4.39 Å². The summed E-state index contributed by atoms with van der Waals surface area (Å²) in [5, 5.41) is 20.7. The maximum atomic E-state index is 13.4. The SMILES string of the molecule is CCOC(=O)C(O)(CC(=O)c1ccc(C)c(F)c1)C(=O)[O-]. The minimum atomic E-state index is -3.10. The number of carboxylic acids is 1. The minimum absolute atomic E-state index is 0.165. The lowest BCUT2D eigenvalue weighted by Gasteiger charge is -2.25. The first-order chi connectivity index (χ1) is 9.72. The summed E-state index contributed by atoms with van der Waals surface area (Å²) in [6, 6.07) is 3.49.